The Kier molecular flexibility index (Phi) is 5.73. The van der Waals surface area contributed by atoms with Crippen LogP contribution in [0.5, 0.6) is 5.75 Å². The van der Waals surface area contributed by atoms with Crippen molar-refractivity contribution in [3.05, 3.63) is 95.7 Å². The fourth-order valence-corrected chi connectivity index (χ4v) is 3.67. The number of carbonyl (C=O) groups is 2. The number of benzene rings is 3. The molecule has 0 saturated carbocycles. The van der Waals surface area contributed by atoms with Gasteiger partial charge >= 0.3 is 0 Å². The molecule has 0 fully saturated rings. The molecule has 0 radical (unpaired) electrons. The zero-order valence-electron chi connectivity index (χ0n) is 17.8. The number of hydrogen-bond acceptors (Lipinski definition) is 5. The lowest BCUT2D eigenvalue weighted by Crippen LogP contribution is -2.34. The van der Waals surface area contributed by atoms with Crippen molar-refractivity contribution in [2.75, 3.05) is 23.5 Å². The van der Waals surface area contributed by atoms with E-state index in [1.165, 1.54) is 0 Å². The van der Waals surface area contributed by atoms with Gasteiger partial charge in [-0.15, -0.1) is 0 Å². The first kappa shape index (κ1) is 20.9. The summed E-state index contributed by atoms with van der Waals surface area (Å²) in [5, 5.41) is 9.07. The molecule has 158 valence electrons. The average molecular weight is 423 g/mol. The first-order chi connectivity index (χ1) is 15.5. The molecule has 0 bridgehead atoms. The van der Waals surface area contributed by atoms with E-state index in [0.717, 1.165) is 10.6 Å². The van der Waals surface area contributed by atoms with E-state index < -0.39 is 11.8 Å². The quantitative estimate of drug-likeness (QED) is 0.550. The van der Waals surface area contributed by atoms with Gasteiger partial charge in [-0.3, -0.25) is 9.59 Å². The predicted molar refractivity (Wildman–Crippen MR) is 123 cm³/mol. The summed E-state index contributed by atoms with van der Waals surface area (Å²) in [5.74, 6) is -0.146. The Morgan fingerprint density at radius 1 is 0.906 bits per heavy atom. The number of para-hydroxylation sites is 1. The van der Waals surface area contributed by atoms with Crippen LogP contribution < -0.4 is 14.5 Å². The zero-order chi connectivity index (χ0) is 22.7. The predicted octanol–water partition coefficient (Wildman–Crippen LogP) is 4.38. The van der Waals surface area contributed by atoms with E-state index in [9.17, 15) is 9.59 Å². The van der Waals surface area contributed by atoms with Crippen molar-refractivity contribution in [3.8, 4) is 11.8 Å². The Labute approximate surface area is 186 Å². The topological polar surface area (TPSA) is 73.6 Å². The van der Waals surface area contributed by atoms with Crippen LogP contribution in [0.2, 0.25) is 0 Å². The molecule has 4 rings (SSSR count). The number of rotatable bonds is 6. The Morgan fingerprint density at radius 2 is 1.56 bits per heavy atom. The monoisotopic (exact) mass is 423 g/mol. The van der Waals surface area contributed by atoms with Crippen LogP contribution in [0.15, 0.2) is 84.6 Å². The Morgan fingerprint density at radius 3 is 2.16 bits per heavy atom. The third-order valence-corrected chi connectivity index (χ3v) is 5.25. The molecular formula is C26H21N3O3. The molecular weight excluding hydrogens is 402 g/mol. The molecule has 6 nitrogen and oxygen atoms in total. The summed E-state index contributed by atoms with van der Waals surface area (Å²) in [6.45, 7) is 2.44. The first-order valence-corrected chi connectivity index (χ1v) is 10.2. The largest absolute Gasteiger partial charge is 0.494 e. The van der Waals surface area contributed by atoms with Gasteiger partial charge in [0.25, 0.3) is 11.8 Å². The molecule has 0 aromatic heterocycles. The van der Waals surface area contributed by atoms with E-state index in [2.05, 4.69) is 0 Å². The maximum Gasteiger partial charge on any atom is 0.282 e. The van der Waals surface area contributed by atoms with E-state index in [0.29, 0.717) is 34.7 Å². The van der Waals surface area contributed by atoms with Crippen molar-refractivity contribution in [1.82, 2.24) is 0 Å². The van der Waals surface area contributed by atoms with Crippen LogP contribution in [-0.4, -0.2) is 25.5 Å². The van der Waals surface area contributed by atoms with Crippen LogP contribution in [0.1, 0.15) is 18.1 Å². The summed E-state index contributed by atoms with van der Waals surface area (Å²) in [5.41, 5.74) is 2.88. The normalized spacial score (nSPS) is 13.3. The van der Waals surface area contributed by atoms with Gasteiger partial charge in [0.1, 0.15) is 11.4 Å². The molecule has 3 aromatic rings. The van der Waals surface area contributed by atoms with E-state index >= 15 is 0 Å². The summed E-state index contributed by atoms with van der Waals surface area (Å²) in [6.07, 6.45) is 0. The minimum absolute atomic E-state index is 0.287. The Bertz CT molecular complexity index is 1220. The molecule has 2 amide bonds. The standard InChI is InChI=1S/C26H21N3O3/c1-3-32-22-15-11-19(12-16-22)23-24(28(2)20-7-5-4-6-8-20)26(31)29(25(23)30)21-13-9-18(17-27)10-14-21/h4-16H,3H2,1-2H3. The molecule has 0 saturated heterocycles. The van der Waals surface area contributed by atoms with Crippen molar-refractivity contribution >= 4 is 28.8 Å². The molecule has 1 aliphatic heterocycles. The maximum absolute atomic E-state index is 13.6. The second-order valence-corrected chi connectivity index (χ2v) is 7.18. The van der Waals surface area contributed by atoms with Gasteiger partial charge in [-0.05, 0) is 61.0 Å². The van der Waals surface area contributed by atoms with E-state index in [1.54, 1.807) is 60.5 Å². The molecule has 1 heterocycles. The van der Waals surface area contributed by atoms with Gasteiger partial charge < -0.3 is 9.64 Å². The zero-order valence-corrected chi connectivity index (χ0v) is 17.8. The van der Waals surface area contributed by atoms with Crippen molar-refractivity contribution in [2.24, 2.45) is 0 Å². The molecule has 0 N–H and O–H groups in total. The van der Waals surface area contributed by atoms with E-state index in [1.807, 2.05) is 43.3 Å². The Hall–Kier alpha value is -4.37. The van der Waals surface area contributed by atoms with Gasteiger partial charge in [0, 0.05) is 12.7 Å². The van der Waals surface area contributed by atoms with Crippen LogP contribution >= 0.6 is 0 Å². The average Bonchev–Trinajstić information content (AvgIpc) is 3.10. The van der Waals surface area contributed by atoms with Crippen LogP contribution in [0, 0.1) is 11.3 Å². The SMILES string of the molecule is CCOc1ccc(C2=C(N(C)c3ccccc3)C(=O)N(c3ccc(C#N)cc3)C2=O)cc1. The smallest absolute Gasteiger partial charge is 0.282 e. The highest BCUT2D eigenvalue weighted by molar-refractivity contribution is 6.46. The lowest BCUT2D eigenvalue weighted by Gasteiger charge is -2.21. The molecule has 0 unspecified atom stereocenters. The third-order valence-electron chi connectivity index (χ3n) is 5.25. The van der Waals surface area contributed by atoms with Gasteiger partial charge in [0.05, 0.1) is 29.5 Å². The minimum Gasteiger partial charge on any atom is -0.494 e. The van der Waals surface area contributed by atoms with Gasteiger partial charge in [0.15, 0.2) is 0 Å². The second kappa shape index (κ2) is 8.78. The van der Waals surface area contributed by atoms with Gasteiger partial charge in [0.2, 0.25) is 0 Å². The molecule has 1 aliphatic rings. The lowest BCUT2D eigenvalue weighted by molar-refractivity contribution is -0.120. The Balaban J connectivity index is 1.82. The molecule has 0 aliphatic carbocycles. The lowest BCUT2D eigenvalue weighted by atomic mass is 10.0. The number of anilines is 2. The number of nitrogens with zero attached hydrogens (tertiary/aromatic N) is 3. The molecule has 0 atom stereocenters. The number of nitriles is 1. The number of amides is 2. The first-order valence-electron chi connectivity index (χ1n) is 10.2. The van der Waals surface area contributed by atoms with E-state index in [-0.39, 0.29) is 5.70 Å². The van der Waals surface area contributed by atoms with Crippen LogP contribution in [0.3, 0.4) is 0 Å². The summed E-state index contributed by atoms with van der Waals surface area (Å²) >= 11 is 0. The van der Waals surface area contributed by atoms with Crippen LogP contribution in [-0.2, 0) is 9.59 Å². The summed E-state index contributed by atoms with van der Waals surface area (Å²) in [4.78, 5) is 30.0. The minimum atomic E-state index is -0.421. The molecule has 32 heavy (non-hydrogen) atoms. The fourth-order valence-electron chi connectivity index (χ4n) is 3.67. The van der Waals surface area contributed by atoms with E-state index in [4.69, 9.17) is 10.00 Å². The van der Waals surface area contributed by atoms with Crippen molar-refractivity contribution in [1.29, 1.82) is 5.26 Å². The van der Waals surface area contributed by atoms with Crippen LogP contribution in [0.25, 0.3) is 5.57 Å². The van der Waals surface area contributed by atoms with Crippen LogP contribution in [0.4, 0.5) is 11.4 Å². The number of ether oxygens (including phenoxy) is 1. The summed E-state index contributed by atoms with van der Waals surface area (Å²) in [7, 11) is 1.77. The van der Waals surface area contributed by atoms with Gasteiger partial charge in [-0.1, -0.05) is 30.3 Å². The summed E-state index contributed by atoms with van der Waals surface area (Å²) < 4.78 is 5.51. The number of likely N-dealkylation sites (N-methyl/N-ethyl adjacent to an activating group) is 1. The number of imide groups is 1. The van der Waals surface area contributed by atoms with Gasteiger partial charge in [-0.2, -0.15) is 5.26 Å². The number of carbonyl (C=O) groups excluding carboxylic acids is 2. The fraction of sp³-hybridized carbons (Fsp3) is 0.115. The van der Waals surface area contributed by atoms with Crippen molar-refractivity contribution in [3.63, 3.8) is 0 Å². The third kappa shape index (κ3) is 3.72. The maximum atomic E-state index is 13.6. The van der Waals surface area contributed by atoms with Crippen molar-refractivity contribution in [2.45, 2.75) is 6.92 Å². The van der Waals surface area contributed by atoms with Gasteiger partial charge in [-0.25, -0.2) is 4.90 Å². The number of hydrogen-bond donors (Lipinski definition) is 0. The summed E-state index contributed by atoms with van der Waals surface area (Å²) in [6, 6.07) is 25.0. The molecule has 3 aromatic carbocycles. The second-order valence-electron chi connectivity index (χ2n) is 7.18. The highest BCUT2D eigenvalue weighted by Crippen LogP contribution is 2.36. The highest BCUT2D eigenvalue weighted by atomic mass is 16.5. The highest BCUT2D eigenvalue weighted by Gasteiger charge is 2.42. The molecule has 6 heteroatoms. The van der Waals surface area contributed by atoms with Crippen molar-refractivity contribution < 1.29 is 14.3 Å². The molecule has 0 spiro atoms.